The molecular weight excluding hydrogens is 220 g/mol. The normalized spacial score (nSPS) is 11.9. The van der Waals surface area contributed by atoms with Crippen molar-refractivity contribution < 1.29 is 14.6 Å². The fourth-order valence-electron chi connectivity index (χ4n) is 1.51. The second-order valence-electron chi connectivity index (χ2n) is 3.68. The molecule has 0 fully saturated rings. The quantitative estimate of drug-likeness (QED) is 0.734. The molecule has 5 nitrogen and oxygen atoms in total. The lowest BCUT2D eigenvalue weighted by Gasteiger charge is -2.17. The SMILES string of the molecule is CCC(CCO)Nc1ccnc(C(=O)OC)c1. The molecule has 0 spiro atoms. The molecule has 0 saturated carbocycles. The van der Waals surface area contributed by atoms with Crippen LogP contribution in [0.25, 0.3) is 0 Å². The number of ether oxygens (including phenoxy) is 1. The first-order valence-electron chi connectivity index (χ1n) is 5.63. The number of aliphatic hydroxyl groups excluding tert-OH is 1. The fourth-order valence-corrected chi connectivity index (χ4v) is 1.51. The molecule has 94 valence electrons. The number of nitrogens with one attached hydrogen (secondary N) is 1. The minimum atomic E-state index is -0.455. The van der Waals surface area contributed by atoms with Crippen LogP contribution in [-0.4, -0.2) is 35.8 Å². The fraction of sp³-hybridized carbons (Fsp3) is 0.500. The topological polar surface area (TPSA) is 71.5 Å². The Labute approximate surface area is 101 Å². The van der Waals surface area contributed by atoms with E-state index in [-0.39, 0.29) is 18.3 Å². The molecule has 0 bridgehead atoms. The number of nitrogens with zero attached hydrogens (tertiary/aromatic N) is 1. The highest BCUT2D eigenvalue weighted by atomic mass is 16.5. The molecule has 1 rings (SSSR count). The van der Waals surface area contributed by atoms with Gasteiger partial charge in [-0.25, -0.2) is 9.78 Å². The Morgan fingerprint density at radius 2 is 2.41 bits per heavy atom. The summed E-state index contributed by atoms with van der Waals surface area (Å²) in [5.41, 5.74) is 1.08. The lowest BCUT2D eigenvalue weighted by Crippen LogP contribution is -2.20. The maximum absolute atomic E-state index is 11.3. The Kier molecular flexibility index (Phi) is 5.42. The van der Waals surface area contributed by atoms with Gasteiger partial charge in [-0.1, -0.05) is 6.92 Å². The van der Waals surface area contributed by atoms with E-state index in [1.54, 1.807) is 18.3 Å². The Morgan fingerprint density at radius 1 is 1.65 bits per heavy atom. The Morgan fingerprint density at radius 3 is 3.00 bits per heavy atom. The maximum atomic E-state index is 11.3. The minimum absolute atomic E-state index is 0.139. The van der Waals surface area contributed by atoms with Gasteiger partial charge in [0.15, 0.2) is 0 Å². The van der Waals surface area contributed by atoms with E-state index in [0.29, 0.717) is 6.42 Å². The third kappa shape index (κ3) is 4.03. The summed E-state index contributed by atoms with van der Waals surface area (Å²) >= 11 is 0. The van der Waals surface area contributed by atoms with Crippen molar-refractivity contribution in [2.24, 2.45) is 0 Å². The molecule has 0 aliphatic heterocycles. The van der Waals surface area contributed by atoms with Gasteiger partial charge >= 0.3 is 5.97 Å². The van der Waals surface area contributed by atoms with Gasteiger partial charge in [-0.05, 0) is 25.0 Å². The average molecular weight is 238 g/mol. The number of rotatable bonds is 6. The zero-order chi connectivity index (χ0) is 12.7. The van der Waals surface area contributed by atoms with Gasteiger partial charge in [-0.15, -0.1) is 0 Å². The summed E-state index contributed by atoms with van der Waals surface area (Å²) in [4.78, 5) is 15.2. The van der Waals surface area contributed by atoms with Crippen LogP contribution < -0.4 is 5.32 Å². The number of anilines is 1. The van der Waals surface area contributed by atoms with Crippen molar-refractivity contribution in [1.29, 1.82) is 0 Å². The predicted molar refractivity (Wildman–Crippen MR) is 65.0 cm³/mol. The minimum Gasteiger partial charge on any atom is -0.464 e. The third-order valence-corrected chi connectivity index (χ3v) is 2.50. The molecule has 0 amide bonds. The van der Waals surface area contributed by atoms with Crippen molar-refractivity contribution in [2.75, 3.05) is 19.0 Å². The van der Waals surface area contributed by atoms with Gasteiger partial charge in [-0.2, -0.15) is 0 Å². The van der Waals surface area contributed by atoms with E-state index in [2.05, 4.69) is 15.0 Å². The van der Waals surface area contributed by atoms with E-state index in [1.807, 2.05) is 6.92 Å². The highest BCUT2D eigenvalue weighted by Gasteiger charge is 2.09. The van der Waals surface area contributed by atoms with Crippen molar-refractivity contribution >= 4 is 11.7 Å². The number of hydrogen-bond acceptors (Lipinski definition) is 5. The summed E-state index contributed by atoms with van der Waals surface area (Å²) in [6.07, 6.45) is 3.13. The number of esters is 1. The molecule has 0 aromatic carbocycles. The second kappa shape index (κ2) is 6.85. The first kappa shape index (κ1) is 13.4. The summed E-state index contributed by atoms with van der Waals surface area (Å²) in [6.45, 7) is 2.18. The second-order valence-corrected chi connectivity index (χ2v) is 3.68. The summed E-state index contributed by atoms with van der Waals surface area (Å²) in [5, 5.41) is 12.1. The van der Waals surface area contributed by atoms with Gasteiger partial charge in [-0.3, -0.25) is 0 Å². The molecule has 0 aliphatic rings. The molecule has 0 radical (unpaired) electrons. The molecule has 1 heterocycles. The van der Waals surface area contributed by atoms with Crippen LogP contribution in [-0.2, 0) is 4.74 Å². The van der Waals surface area contributed by atoms with Crippen molar-refractivity contribution in [3.63, 3.8) is 0 Å². The number of aliphatic hydroxyl groups is 1. The predicted octanol–water partition coefficient (Wildman–Crippen LogP) is 1.44. The lowest BCUT2D eigenvalue weighted by molar-refractivity contribution is 0.0594. The molecule has 0 saturated heterocycles. The Balaban J connectivity index is 2.74. The van der Waals surface area contributed by atoms with Crippen molar-refractivity contribution in [1.82, 2.24) is 4.98 Å². The number of hydrogen-bond donors (Lipinski definition) is 2. The van der Waals surface area contributed by atoms with Gasteiger partial charge in [0.05, 0.1) is 7.11 Å². The molecular formula is C12H18N2O3. The molecule has 5 heteroatoms. The van der Waals surface area contributed by atoms with Gasteiger partial charge in [0.25, 0.3) is 0 Å². The third-order valence-electron chi connectivity index (χ3n) is 2.50. The number of methoxy groups -OCH3 is 1. The molecule has 1 aromatic heterocycles. The standard InChI is InChI=1S/C12H18N2O3/c1-3-9(5-7-15)14-10-4-6-13-11(8-10)12(16)17-2/h4,6,8-9,15H,3,5,7H2,1-2H3,(H,13,14). The Bertz CT molecular complexity index is 369. The zero-order valence-electron chi connectivity index (χ0n) is 10.1. The van der Waals surface area contributed by atoms with Crippen LogP contribution in [0.1, 0.15) is 30.3 Å². The van der Waals surface area contributed by atoms with Gasteiger partial charge < -0.3 is 15.2 Å². The van der Waals surface area contributed by atoms with E-state index in [4.69, 9.17) is 5.11 Å². The van der Waals surface area contributed by atoms with E-state index < -0.39 is 5.97 Å². The van der Waals surface area contributed by atoms with Crippen molar-refractivity contribution in [2.45, 2.75) is 25.8 Å². The molecule has 0 aliphatic carbocycles. The summed E-state index contributed by atoms with van der Waals surface area (Å²) < 4.78 is 4.60. The van der Waals surface area contributed by atoms with Gasteiger partial charge in [0, 0.05) is 24.5 Å². The summed E-state index contributed by atoms with van der Waals surface area (Å²) in [7, 11) is 1.32. The number of carbonyl (C=O) groups is 1. The zero-order valence-corrected chi connectivity index (χ0v) is 10.1. The lowest BCUT2D eigenvalue weighted by atomic mass is 10.1. The van der Waals surface area contributed by atoms with Crippen LogP contribution in [0.5, 0.6) is 0 Å². The van der Waals surface area contributed by atoms with Crippen LogP contribution in [0, 0.1) is 0 Å². The summed E-state index contributed by atoms with van der Waals surface area (Å²) in [6, 6.07) is 3.62. The smallest absolute Gasteiger partial charge is 0.356 e. The van der Waals surface area contributed by atoms with Crippen LogP contribution in [0.3, 0.4) is 0 Å². The van der Waals surface area contributed by atoms with Crippen LogP contribution in [0.2, 0.25) is 0 Å². The highest BCUT2D eigenvalue weighted by molar-refractivity contribution is 5.88. The van der Waals surface area contributed by atoms with Crippen LogP contribution in [0.4, 0.5) is 5.69 Å². The molecule has 2 N–H and O–H groups in total. The van der Waals surface area contributed by atoms with Crippen LogP contribution >= 0.6 is 0 Å². The van der Waals surface area contributed by atoms with Crippen LogP contribution in [0.15, 0.2) is 18.3 Å². The molecule has 1 atom stereocenters. The number of pyridine rings is 1. The van der Waals surface area contributed by atoms with Crippen molar-refractivity contribution in [3.05, 3.63) is 24.0 Å². The average Bonchev–Trinajstić information content (AvgIpc) is 2.37. The first-order valence-corrected chi connectivity index (χ1v) is 5.63. The number of carbonyl (C=O) groups excluding carboxylic acids is 1. The molecule has 17 heavy (non-hydrogen) atoms. The molecule has 1 unspecified atom stereocenters. The largest absolute Gasteiger partial charge is 0.464 e. The highest BCUT2D eigenvalue weighted by Crippen LogP contribution is 2.12. The molecule has 1 aromatic rings. The van der Waals surface area contributed by atoms with E-state index >= 15 is 0 Å². The number of aromatic nitrogens is 1. The van der Waals surface area contributed by atoms with Crippen molar-refractivity contribution in [3.8, 4) is 0 Å². The van der Waals surface area contributed by atoms with Gasteiger partial charge in [0.2, 0.25) is 0 Å². The maximum Gasteiger partial charge on any atom is 0.356 e. The first-order chi connectivity index (χ1) is 8.21. The monoisotopic (exact) mass is 238 g/mol. The van der Waals surface area contributed by atoms with Gasteiger partial charge in [0.1, 0.15) is 5.69 Å². The van der Waals surface area contributed by atoms with E-state index in [0.717, 1.165) is 12.1 Å². The van der Waals surface area contributed by atoms with E-state index in [1.165, 1.54) is 7.11 Å². The Hall–Kier alpha value is -1.62. The summed E-state index contributed by atoms with van der Waals surface area (Å²) in [5.74, 6) is -0.455. The van der Waals surface area contributed by atoms with E-state index in [9.17, 15) is 4.79 Å².